The van der Waals surface area contributed by atoms with Gasteiger partial charge in [0.15, 0.2) is 0 Å². The lowest BCUT2D eigenvalue weighted by Crippen LogP contribution is -1.95. The summed E-state index contributed by atoms with van der Waals surface area (Å²) in [6.07, 6.45) is 0. The van der Waals surface area contributed by atoms with E-state index in [-0.39, 0.29) is 0 Å². The molecule has 0 aliphatic carbocycles. The molecule has 0 aliphatic heterocycles. The molecule has 0 saturated carbocycles. The quantitative estimate of drug-likeness (QED) is 0.768. The van der Waals surface area contributed by atoms with E-state index in [1.54, 1.807) is 6.07 Å². The molecule has 3 nitrogen and oxygen atoms in total. The molecule has 0 atom stereocenters. The number of aryl methyl sites for hydroxylation is 1. The molecule has 0 aliphatic rings. The third kappa shape index (κ3) is 2.56. The van der Waals surface area contributed by atoms with Crippen molar-refractivity contribution in [2.24, 2.45) is 0 Å². The molecule has 0 amide bonds. The SMILES string of the molecule is Cc1cc(N)ccc1Nc1cccc(C#N)c1. The van der Waals surface area contributed by atoms with E-state index < -0.39 is 0 Å². The second-order valence-electron chi connectivity index (χ2n) is 3.89. The molecule has 0 spiro atoms. The van der Waals surface area contributed by atoms with Crippen LogP contribution >= 0.6 is 0 Å². The average Bonchev–Trinajstić information content (AvgIpc) is 2.33. The summed E-state index contributed by atoms with van der Waals surface area (Å²) in [5.41, 5.74) is 10.1. The highest BCUT2D eigenvalue weighted by atomic mass is 14.9. The molecular formula is C14H13N3. The maximum Gasteiger partial charge on any atom is 0.0992 e. The van der Waals surface area contributed by atoms with Crippen LogP contribution < -0.4 is 11.1 Å². The lowest BCUT2D eigenvalue weighted by atomic mass is 10.1. The summed E-state index contributed by atoms with van der Waals surface area (Å²) in [6.45, 7) is 1.99. The minimum atomic E-state index is 0.642. The van der Waals surface area contributed by atoms with Crippen LogP contribution in [0.3, 0.4) is 0 Å². The Bertz CT molecular complexity index is 582. The predicted octanol–water partition coefficient (Wildman–Crippen LogP) is 3.19. The van der Waals surface area contributed by atoms with Crippen molar-refractivity contribution in [2.45, 2.75) is 6.92 Å². The summed E-state index contributed by atoms with van der Waals surface area (Å²) in [7, 11) is 0. The van der Waals surface area contributed by atoms with E-state index in [0.717, 1.165) is 22.6 Å². The van der Waals surface area contributed by atoms with Crippen molar-refractivity contribution in [3.05, 3.63) is 53.6 Å². The van der Waals surface area contributed by atoms with Crippen molar-refractivity contribution >= 4 is 17.1 Å². The molecule has 2 aromatic carbocycles. The molecule has 17 heavy (non-hydrogen) atoms. The molecule has 84 valence electrons. The van der Waals surface area contributed by atoms with Gasteiger partial charge in [0.25, 0.3) is 0 Å². The first-order chi connectivity index (χ1) is 8.19. The highest BCUT2D eigenvalue weighted by Crippen LogP contribution is 2.22. The third-order valence-corrected chi connectivity index (χ3v) is 2.52. The maximum atomic E-state index is 8.82. The average molecular weight is 223 g/mol. The zero-order chi connectivity index (χ0) is 12.3. The fourth-order valence-electron chi connectivity index (χ4n) is 1.65. The number of nitrogen functional groups attached to an aromatic ring is 1. The summed E-state index contributed by atoms with van der Waals surface area (Å²) in [4.78, 5) is 0. The van der Waals surface area contributed by atoms with E-state index in [2.05, 4.69) is 11.4 Å². The number of nitrogens with zero attached hydrogens (tertiary/aromatic N) is 1. The minimum absolute atomic E-state index is 0.642. The number of hydrogen-bond donors (Lipinski definition) is 2. The predicted molar refractivity (Wildman–Crippen MR) is 70.0 cm³/mol. The summed E-state index contributed by atoms with van der Waals surface area (Å²) >= 11 is 0. The monoisotopic (exact) mass is 223 g/mol. The largest absolute Gasteiger partial charge is 0.399 e. The maximum absolute atomic E-state index is 8.82. The van der Waals surface area contributed by atoms with Crippen LogP contribution in [0.2, 0.25) is 0 Å². The van der Waals surface area contributed by atoms with Crippen molar-refractivity contribution in [1.82, 2.24) is 0 Å². The van der Waals surface area contributed by atoms with E-state index in [4.69, 9.17) is 11.0 Å². The van der Waals surface area contributed by atoms with Crippen LogP contribution in [-0.4, -0.2) is 0 Å². The standard InChI is InChI=1S/C14H13N3/c1-10-7-12(16)5-6-14(10)17-13-4-2-3-11(8-13)9-15/h2-8,17H,16H2,1H3. The third-order valence-electron chi connectivity index (χ3n) is 2.52. The van der Waals surface area contributed by atoms with Gasteiger partial charge in [-0.1, -0.05) is 6.07 Å². The minimum Gasteiger partial charge on any atom is -0.399 e. The molecule has 0 saturated heterocycles. The molecule has 0 fully saturated rings. The highest BCUT2D eigenvalue weighted by Gasteiger charge is 2.00. The van der Waals surface area contributed by atoms with Gasteiger partial charge in [0.05, 0.1) is 11.6 Å². The normalized spacial score (nSPS) is 9.65. The molecule has 0 bridgehead atoms. The van der Waals surface area contributed by atoms with Gasteiger partial charge in [-0.2, -0.15) is 5.26 Å². The highest BCUT2D eigenvalue weighted by molar-refractivity contribution is 5.66. The van der Waals surface area contributed by atoms with Crippen LogP contribution in [0.15, 0.2) is 42.5 Å². The van der Waals surface area contributed by atoms with Gasteiger partial charge in [0.1, 0.15) is 0 Å². The number of nitrogens with one attached hydrogen (secondary N) is 1. The number of rotatable bonds is 2. The lowest BCUT2D eigenvalue weighted by Gasteiger charge is -2.10. The van der Waals surface area contributed by atoms with E-state index in [1.165, 1.54) is 0 Å². The molecule has 0 unspecified atom stereocenters. The van der Waals surface area contributed by atoms with E-state index >= 15 is 0 Å². The van der Waals surface area contributed by atoms with Crippen LogP contribution in [-0.2, 0) is 0 Å². The van der Waals surface area contributed by atoms with Crippen molar-refractivity contribution in [2.75, 3.05) is 11.1 Å². The Kier molecular flexibility index (Phi) is 2.97. The fourth-order valence-corrected chi connectivity index (χ4v) is 1.65. The number of nitrogens with two attached hydrogens (primary N) is 1. The number of benzene rings is 2. The molecule has 0 radical (unpaired) electrons. The smallest absolute Gasteiger partial charge is 0.0992 e. The summed E-state index contributed by atoms with van der Waals surface area (Å²) in [5.74, 6) is 0. The van der Waals surface area contributed by atoms with Crippen molar-refractivity contribution in [3.8, 4) is 6.07 Å². The lowest BCUT2D eigenvalue weighted by molar-refractivity contribution is 1.42. The number of anilines is 3. The molecule has 0 aromatic heterocycles. The second-order valence-corrected chi connectivity index (χ2v) is 3.89. The summed E-state index contributed by atoms with van der Waals surface area (Å²) in [5, 5.41) is 12.1. The Labute approximate surface area is 101 Å². The van der Waals surface area contributed by atoms with Gasteiger partial charge in [-0.25, -0.2) is 0 Å². The molecule has 0 heterocycles. The fraction of sp³-hybridized carbons (Fsp3) is 0.0714. The van der Waals surface area contributed by atoms with E-state index in [0.29, 0.717) is 5.56 Å². The van der Waals surface area contributed by atoms with Crippen LogP contribution in [0.25, 0.3) is 0 Å². The first kappa shape index (κ1) is 11.0. The molecule has 3 N–H and O–H groups in total. The number of hydrogen-bond acceptors (Lipinski definition) is 3. The molecule has 2 aromatic rings. The first-order valence-corrected chi connectivity index (χ1v) is 5.32. The summed E-state index contributed by atoms with van der Waals surface area (Å²) in [6, 6.07) is 15.2. The van der Waals surface area contributed by atoms with Crippen LogP contribution in [0.5, 0.6) is 0 Å². The van der Waals surface area contributed by atoms with Crippen LogP contribution in [0, 0.1) is 18.3 Å². The van der Waals surface area contributed by atoms with Gasteiger partial charge in [0.2, 0.25) is 0 Å². The van der Waals surface area contributed by atoms with Crippen molar-refractivity contribution in [1.29, 1.82) is 5.26 Å². The molecular weight excluding hydrogens is 210 g/mol. The van der Waals surface area contributed by atoms with E-state index in [9.17, 15) is 0 Å². The molecule has 3 heteroatoms. The Morgan fingerprint density at radius 1 is 1.18 bits per heavy atom. The Hall–Kier alpha value is -2.47. The van der Waals surface area contributed by atoms with Gasteiger partial charge in [-0.05, 0) is 48.9 Å². The van der Waals surface area contributed by atoms with Crippen molar-refractivity contribution < 1.29 is 0 Å². The van der Waals surface area contributed by atoms with Gasteiger partial charge in [-0.15, -0.1) is 0 Å². The zero-order valence-corrected chi connectivity index (χ0v) is 9.57. The van der Waals surface area contributed by atoms with Gasteiger partial charge < -0.3 is 11.1 Å². The van der Waals surface area contributed by atoms with E-state index in [1.807, 2.05) is 43.3 Å². The Morgan fingerprint density at radius 3 is 2.71 bits per heavy atom. The summed E-state index contributed by atoms with van der Waals surface area (Å²) < 4.78 is 0. The Morgan fingerprint density at radius 2 is 2.00 bits per heavy atom. The van der Waals surface area contributed by atoms with Gasteiger partial charge in [-0.3, -0.25) is 0 Å². The number of nitriles is 1. The van der Waals surface area contributed by atoms with Gasteiger partial charge in [0, 0.05) is 17.1 Å². The van der Waals surface area contributed by atoms with Crippen molar-refractivity contribution in [3.63, 3.8) is 0 Å². The first-order valence-electron chi connectivity index (χ1n) is 5.32. The zero-order valence-electron chi connectivity index (χ0n) is 9.57. The van der Waals surface area contributed by atoms with Crippen LogP contribution in [0.1, 0.15) is 11.1 Å². The molecule has 2 rings (SSSR count). The Balaban J connectivity index is 2.28. The second kappa shape index (κ2) is 4.58. The van der Waals surface area contributed by atoms with Gasteiger partial charge >= 0.3 is 0 Å². The topological polar surface area (TPSA) is 61.8 Å². The van der Waals surface area contributed by atoms with Crippen LogP contribution in [0.4, 0.5) is 17.1 Å².